The molecular formula is C17H23N3O2. The van der Waals surface area contributed by atoms with Crippen molar-refractivity contribution in [1.29, 1.82) is 0 Å². The van der Waals surface area contributed by atoms with Crippen molar-refractivity contribution in [3.63, 3.8) is 0 Å². The summed E-state index contributed by atoms with van der Waals surface area (Å²) in [5.74, 6) is 0.154. The van der Waals surface area contributed by atoms with Gasteiger partial charge in [0.15, 0.2) is 0 Å². The molecule has 118 valence electrons. The van der Waals surface area contributed by atoms with Gasteiger partial charge in [-0.15, -0.1) is 0 Å². The molecule has 5 heteroatoms. The van der Waals surface area contributed by atoms with E-state index >= 15 is 0 Å². The Morgan fingerprint density at radius 3 is 2.86 bits per heavy atom. The quantitative estimate of drug-likeness (QED) is 0.900. The van der Waals surface area contributed by atoms with Gasteiger partial charge in [-0.25, -0.2) is 0 Å². The highest BCUT2D eigenvalue weighted by atomic mass is 16.2. The number of rotatable bonds is 3. The van der Waals surface area contributed by atoms with Crippen LogP contribution < -0.4 is 15.5 Å². The van der Waals surface area contributed by atoms with Crippen molar-refractivity contribution < 1.29 is 9.59 Å². The maximum Gasteiger partial charge on any atom is 0.244 e. The van der Waals surface area contributed by atoms with Gasteiger partial charge >= 0.3 is 0 Å². The zero-order valence-electron chi connectivity index (χ0n) is 13.0. The summed E-state index contributed by atoms with van der Waals surface area (Å²) in [5.41, 5.74) is 1.11. The molecule has 22 heavy (non-hydrogen) atoms. The number of carbonyl (C=O) groups excluding carboxylic acids is 2. The minimum absolute atomic E-state index is 0.00269. The molecule has 2 N–H and O–H groups in total. The van der Waals surface area contributed by atoms with Crippen LogP contribution in [-0.2, 0) is 9.59 Å². The van der Waals surface area contributed by atoms with Crippen molar-refractivity contribution in [2.24, 2.45) is 0 Å². The zero-order valence-corrected chi connectivity index (χ0v) is 13.0. The molecule has 1 unspecified atom stereocenters. The molecule has 2 amide bonds. The molecule has 0 aromatic heterocycles. The first kappa shape index (κ1) is 15.0. The summed E-state index contributed by atoms with van der Waals surface area (Å²) in [6.07, 6.45) is 4.55. The molecule has 0 bridgehead atoms. The monoisotopic (exact) mass is 301 g/mol. The summed E-state index contributed by atoms with van der Waals surface area (Å²) in [6.45, 7) is 3.59. The topological polar surface area (TPSA) is 61.4 Å². The molecule has 5 nitrogen and oxygen atoms in total. The zero-order chi connectivity index (χ0) is 15.6. The third-order valence-corrected chi connectivity index (χ3v) is 4.61. The molecule has 1 aromatic rings. The van der Waals surface area contributed by atoms with E-state index < -0.39 is 5.54 Å². The molecule has 1 atom stereocenters. The average molecular weight is 301 g/mol. The van der Waals surface area contributed by atoms with Gasteiger partial charge in [-0.05, 0) is 57.4 Å². The summed E-state index contributed by atoms with van der Waals surface area (Å²) >= 11 is 0. The number of nitrogens with one attached hydrogen (secondary N) is 2. The lowest BCUT2D eigenvalue weighted by Crippen LogP contribution is -2.54. The van der Waals surface area contributed by atoms with E-state index in [2.05, 4.69) is 10.6 Å². The second-order valence-corrected chi connectivity index (χ2v) is 6.37. The summed E-state index contributed by atoms with van der Waals surface area (Å²) in [5, 5.41) is 6.31. The highest BCUT2D eigenvalue weighted by Gasteiger charge is 2.34. The number of nitrogens with zero attached hydrogens (tertiary/aromatic N) is 1. The van der Waals surface area contributed by atoms with Crippen LogP contribution in [0, 0.1) is 0 Å². The van der Waals surface area contributed by atoms with Crippen molar-refractivity contribution in [3.05, 3.63) is 24.3 Å². The number of amides is 2. The van der Waals surface area contributed by atoms with Crippen molar-refractivity contribution in [2.75, 3.05) is 23.3 Å². The summed E-state index contributed by atoms with van der Waals surface area (Å²) in [6, 6.07) is 7.55. The Morgan fingerprint density at radius 2 is 2.18 bits per heavy atom. The number of hydrogen-bond acceptors (Lipinski definition) is 3. The molecule has 2 saturated heterocycles. The molecule has 2 aliphatic heterocycles. The van der Waals surface area contributed by atoms with Gasteiger partial charge < -0.3 is 15.5 Å². The van der Waals surface area contributed by atoms with E-state index in [0.717, 1.165) is 50.1 Å². The lowest BCUT2D eigenvalue weighted by atomic mass is 9.90. The SMILES string of the molecule is CC1(C(=O)Nc2cccc(N3CCCC3=O)c2)CCCCN1. The van der Waals surface area contributed by atoms with Gasteiger partial charge in [-0.1, -0.05) is 6.07 Å². The van der Waals surface area contributed by atoms with E-state index in [1.165, 1.54) is 0 Å². The van der Waals surface area contributed by atoms with Crippen LogP contribution in [0.25, 0.3) is 0 Å². The number of carbonyl (C=O) groups is 2. The summed E-state index contributed by atoms with van der Waals surface area (Å²) in [7, 11) is 0. The second-order valence-electron chi connectivity index (χ2n) is 6.37. The normalized spacial score (nSPS) is 25.3. The Labute approximate surface area is 131 Å². The molecule has 2 fully saturated rings. The van der Waals surface area contributed by atoms with E-state index in [1.807, 2.05) is 31.2 Å². The van der Waals surface area contributed by atoms with Crippen LogP contribution in [0.2, 0.25) is 0 Å². The van der Waals surface area contributed by atoms with Gasteiger partial charge in [0.2, 0.25) is 11.8 Å². The predicted molar refractivity (Wildman–Crippen MR) is 86.9 cm³/mol. The third kappa shape index (κ3) is 2.99. The van der Waals surface area contributed by atoms with Crippen LogP contribution in [0.5, 0.6) is 0 Å². The molecule has 1 aromatic carbocycles. The van der Waals surface area contributed by atoms with Gasteiger partial charge in [0.05, 0.1) is 5.54 Å². The largest absolute Gasteiger partial charge is 0.324 e. The van der Waals surface area contributed by atoms with Gasteiger partial charge in [0.25, 0.3) is 0 Å². The third-order valence-electron chi connectivity index (χ3n) is 4.61. The molecular weight excluding hydrogens is 278 g/mol. The van der Waals surface area contributed by atoms with Crippen LogP contribution >= 0.6 is 0 Å². The molecule has 2 aliphatic rings. The van der Waals surface area contributed by atoms with Gasteiger partial charge in [-0.3, -0.25) is 9.59 Å². The first-order valence-electron chi connectivity index (χ1n) is 8.05. The van der Waals surface area contributed by atoms with E-state index in [9.17, 15) is 9.59 Å². The second kappa shape index (κ2) is 6.08. The molecule has 0 saturated carbocycles. The van der Waals surface area contributed by atoms with Crippen LogP contribution in [0.15, 0.2) is 24.3 Å². The minimum atomic E-state index is -0.502. The molecule has 2 heterocycles. The van der Waals surface area contributed by atoms with Crippen molar-refractivity contribution in [2.45, 2.75) is 44.6 Å². The first-order valence-corrected chi connectivity index (χ1v) is 8.05. The van der Waals surface area contributed by atoms with E-state index in [0.29, 0.717) is 6.42 Å². The lowest BCUT2D eigenvalue weighted by molar-refractivity contribution is -0.122. The Kier molecular flexibility index (Phi) is 4.16. The highest BCUT2D eigenvalue weighted by molar-refractivity contribution is 5.99. The predicted octanol–water partition coefficient (Wildman–Crippen LogP) is 2.28. The number of benzene rings is 1. The van der Waals surface area contributed by atoms with Gasteiger partial charge in [-0.2, -0.15) is 0 Å². The molecule has 0 aliphatic carbocycles. The maximum absolute atomic E-state index is 12.5. The molecule has 3 rings (SSSR count). The maximum atomic E-state index is 12.5. The standard InChI is InChI=1S/C17H23N3O2/c1-17(9-2-3-10-18-17)16(22)19-13-6-4-7-14(12-13)20-11-5-8-15(20)21/h4,6-7,12,18H,2-3,5,8-11H2,1H3,(H,19,22). The molecule has 0 radical (unpaired) electrons. The van der Waals surface area contributed by atoms with Gasteiger partial charge in [0, 0.05) is 24.3 Å². The fourth-order valence-corrected chi connectivity index (χ4v) is 3.19. The number of piperidine rings is 1. The Hall–Kier alpha value is -1.88. The van der Waals surface area contributed by atoms with Gasteiger partial charge in [0.1, 0.15) is 0 Å². The lowest BCUT2D eigenvalue weighted by Gasteiger charge is -2.33. The van der Waals surface area contributed by atoms with Crippen LogP contribution in [0.3, 0.4) is 0 Å². The van der Waals surface area contributed by atoms with Crippen molar-refractivity contribution in [3.8, 4) is 0 Å². The fourth-order valence-electron chi connectivity index (χ4n) is 3.19. The van der Waals surface area contributed by atoms with E-state index in [4.69, 9.17) is 0 Å². The average Bonchev–Trinajstić information content (AvgIpc) is 2.94. The fraction of sp³-hybridized carbons (Fsp3) is 0.529. The molecule has 0 spiro atoms. The minimum Gasteiger partial charge on any atom is -0.324 e. The number of hydrogen-bond donors (Lipinski definition) is 2. The van der Waals surface area contributed by atoms with E-state index in [1.54, 1.807) is 4.90 Å². The van der Waals surface area contributed by atoms with Crippen molar-refractivity contribution in [1.82, 2.24) is 5.32 Å². The highest BCUT2D eigenvalue weighted by Crippen LogP contribution is 2.26. The van der Waals surface area contributed by atoms with E-state index in [-0.39, 0.29) is 11.8 Å². The van der Waals surface area contributed by atoms with Crippen molar-refractivity contribution >= 4 is 23.2 Å². The Balaban J connectivity index is 1.72. The van der Waals surface area contributed by atoms with Crippen LogP contribution in [0.1, 0.15) is 39.0 Å². The van der Waals surface area contributed by atoms with Crippen LogP contribution in [0.4, 0.5) is 11.4 Å². The Morgan fingerprint density at radius 1 is 1.32 bits per heavy atom. The summed E-state index contributed by atoms with van der Waals surface area (Å²) in [4.78, 5) is 26.2. The first-order chi connectivity index (χ1) is 10.6. The van der Waals surface area contributed by atoms with Crippen LogP contribution in [-0.4, -0.2) is 30.4 Å². The number of anilines is 2. The smallest absolute Gasteiger partial charge is 0.244 e. The summed E-state index contributed by atoms with van der Waals surface area (Å²) < 4.78 is 0. The Bertz CT molecular complexity index is 579.